The Morgan fingerprint density at radius 1 is 1.19 bits per heavy atom. The molecule has 0 amide bonds. The van der Waals surface area contributed by atoms with E-state index in [-0.39, 0.29) is 12.1 Å². The van der Waals surface area contributed by atoms with Gasteiger partial charge in [-0.1, -0.05) is 0 Å². The number of hydrogen-bond acceptors (Lipinski definition) is 8. The van der Waals surface area contributed by atoms with Crippen molar-refractivity contribution in [2.75, 3.05) is 37.5 Å². The predicted octanol–water partition coefficient (Wildman–Crippen LogP) is 1.18. The molecule has 1 saturated heterocycles. The van der Waals surface area contributed by atoms with Gasteiger partial charge in [0.2, 0.25) is 5.95 Å². The molecule has 26 heavy (non-hydrogen) atoms. The summed E-state index contributed by atoms with van der Waals surface area (Å²) in [5.74, 6) is 3.11. The molecule has 2 aromatic rings. The Balaban J connectivity index is 1.37. The lowest BCUT2D eigenvalue weighted by Gasteiger charge is -2.18. The van der Waals surface area contributed by atoms with Crippen LogP contribution in [-0.4, -0.2) is 59.3 Å². The molecule has 0 aromatic carbocycles. The third kappa shape index (κ3) is 3.76. The number of hydrogen-bond donors (Lipinski definition) is 2. The van der Waals surface area contributed by atoms with Crippen LogP contribution >= 0.6 is 0 Å². The molecule has 4 rings (SSSR count). The molecular formula is C18H25N7O. The van der Waals surface area contributed by atoms with Crippen molar-refractivity contribution in [1.82, 2.24) is 25.3 Å². The van der Waals surface area contributed by atoms with Crippen LogP contribution in [0.1, 0.15) is 30.1 Å². The molecule has 1 aliphatic carbocycles. The van der Waals surface area contributed by atoms with Crippen LogP contribution in [0.2, 0.25) is 0 Å². The third-order valence-electron chi connectivity index (χ3n) is 4.99. The molecule has 1 aliphatic heterocycles. The highest BCUT2D eigenvalue weighted by atomic mass is 16.5. The molecule has 2 fully saturated rings. The summed E-state index contributed by atoms with van der Waals surface area (Å²) in [5, 5.41) is 6.57. The van der Waals surface area contributed by atoms with Crippen LogP contribution in [0.5, 0.6) is 0 Å². The molecular weight excluding hydrogens is 330 g/mol. The van der Waals surface area contributed by atoms with Crippen molar-refractivity contribution < 1.29 is 4.74 Å². The first kappa shape index (κ1) is 17.1. The molecule has 3 heterocycles. The topological polar surface area (TPSA) is 88.1 Å². The molecule has 0 unspecified atom stereocenters. The maximum absolute atomic E-state index is 5.68. The van der Waals surface area contributed by atoms with Gasteiger partial charge in [0.05, 0.1) is 12.1 Å². The molecule has 8 nitrogen and oxygen atoms in total. The normalized spacial score (nSPS) is 22.6. The second-order valence-electron chi connectivity index (χ2n) is 6.88. The van der Waals surface area contributed by atoms with Crippen LogP contribution in [0.25, 0.3) is 0 Å². The van der Waals surface area contributed by atoms with Crippen molar-refractivity contribution in [3.8, 4) is 0 Å². The van der Waals surface area contributed by atoms with E-state index in [1.807, 2.05) is 25.5 Å². The highest BCUT2D eigenvalue weighted by Gasteiger charge is 2.33. The fraction of sp³-hybridized carbons (Fsp3) is 0.556. The molecule has 2 N–H and O–H groups in total. The third-order valence-corrected chi connectivity index (χ3v) is 4.99. The lowest BCUT2D eigenvalue weighted by molar-refractivity contribution is 0.0966. The summed E-state index contributed by atoms with van der Waals surface area (Å²) < 4.78 is 5.68. The van der Waals surface area contributed by atoms with Crippen molar-refractivity contribution >= 4 is 11.8 Å². The average Bonchev–Trinajstić information content (AvgIpc) is 3.46. The zero-order chi connectivity index (χ0) is 17.9. The zero-order valence-electron chi connectivity index (χ0n) is 15.2. The van der Waals surface area contributed by atoms with Gasteiger partial charge in [0, 0.05) is 63.9 Å². The number of nitrogens with zero attached hydrogens (tertiary/aromatic N) is 5. The van der Waals surface area contributed by atoms with Gasteiger partial charge in [0.25, 0.3) is 0 Å². The highest BCUT2D eigenvalue weighted by molar-refractivity contribution is 5.44. The number of anilines is 2. The van der Waals surface area contributed by atoms with E-state index in [1.54, 1.807) is 13.3 Å². The first-order chi connectivity index (χ1) is 12.8. The van der Waals surface area contributed by atoms with E-state index in [9.17, 15) is 0 Å². The Bertz CT molecular complexity index is 735. The summed E-state index contributed by atoms with van der Waals surface area (Å²) in [6, 6.07) is 2.15. The van der Waals surface area contributed by atoms with E-state index in [0.29, 0.717) is 11.9 Å². The van der Waals surface area contributed by atoms with Gasteiger partial charge in [-0.05, 0) is 18.9 Å². The summed E-state index contributed by atoms with van der Waals surface area (Å²) >= 11 is 0. The fourth-order valence-electron chi connectivity index (χ4n) is 3.30. The Morgan fingerprint density at radius 3 is 2.69 bits per heavy atom. The second kappa shape index (κ2) is 7.51. The predicted molar refractivity (Wildman–Crippen MR) is 99.2 cm³/mol. The number of ether oxygens (including phenoxy) is 1. The molecule has 8 heteroatoms. The molecule has 1 saturated carbocycles. The summed E-state index contributed by atoms with van der Waals surface area (Å²) in [5.41, 5.74) is 1.10. The van der Waals surface area contributed by atoms with Crippen LogP contribution in [-0.2, 0) is 11.3 Å². The minimum atomic E-state index is 0.106. The van der Waals surface area contributed by atoms with Crippen LogP contribution < -0.4 is 15.5 Å². The fourth-order valence-corrected chi connectivity index (χ4v) is 3.30. The van der Waals surface area contributed by atoms with E-state index < -0.39 is 0 Å². The molecule has 2 aromatic heterocycles. The lowest BCUT2D eigenvalue weighted by atomic mass is 10.2. The van der Waals surface area contributed by atoms with Crippen molar-refractivity contribution in [3.05, 3.63) is 36.0 Å². The van der Waals surface area contributed by atoms with E-state index in [1.165, 1.54) is 12.8 Å². The van der Waals surface area contributed by atoms with Gasteiger partial charge in [0.15, 0.2) is 0 Å². The van der Waals surface area contributed by atoms with E-state index in [4.69, 9.17) is 4.74 Å². The smallest absolute Gasteiger partial charge is 0.224 e. The number of aromatic nitrogens is 4. The standard InChI is InChI=1S/C18H25N7O/c1-19-18-20-6-5-16(24-18)25-10-14(15(11-25)26-2)21-7-12-8-22-17(23-9-12)13-3-4-13/h5-6,8-9,13-15,21H,3-4,7,10-11H2,1-2H3,(H,19,20,24)/t14-,15+/m1/s1. The quantitative estimate of drug-likeness (QED) is 0.765. The largest absolute Gasteiger partial charge is 0.378 e. The molecule has 2 atom stereocenters. The van der Waals surface area contributed by atoms with E-state index in [2.05, 4.69) is 35.5 Å². The zero-order valence-corrected chi connectivity index (χ0v) is 15.2. The average molecular weight is 355 g/mol. The highest BCUT2D eigenvalue weighted by Crippen LogP contribution is 2.37. The van der Waals surface area contributed by atoms with Gasteiger partial charge in [-0.3, -0.25) is 0 Å². The first-order valence-corrected chi connectivity index (χ1v) is 9.09. The van der Waals surface area contributed by atoms with Crippen LogP contribution in [0.4, 0.5) is 11.8 Å². The summed E-state index contributed by atoms with van der Waals surface area (Å²) in [4.78, 5) is 19.9. The Labute approximate surface area is 153 Å². The van der Waals surface area contributed by atoms with E-state index in [0.717, 1.165) is 36.8 Å². The summed E-state index contributed by atoms with van der Waals surface area (Å²) in [7, 11) is 3.58. The van der Waals surface area contributed by atoms with Gasteiger partial charge in [-0.2, -0.15) is 4.98 Å². The summed E-state index contributed by atoms with van der Waals surface area (Å²) in [6.07, 6.45) is 8.20. The maximum Gasteiger partial charge on any atom is 0.224 e. The van der Waals surface area contributed by atoms with Crippen LogP contribution in [0.15, 0.2) is 24.7 Å². The van der Waals surface area contributed by atoms with Gasteiger partial charge < -0.3 is 20.3 Å². The Morgan fingerprint density at radius 2 is 2.00 bits per heavy atom. The van der Waals surface area contributed by atoms with Crippen LogP contribution in [0.3, 0.4) is 0 Å². The maximum atomic E-state index is 5.68. The van der Waals surface area contributed by atoms with Crippen LogP contribution in [0, 0.1) is 0 Å². The Kier molecular flexibility index (Phi) is 4.94. The monoisotopic (exact) mass is 355 g/mol. The molecule has 2 aliphatic rings. The van der Waals surface area contributed by atoms with Gasteiger partial charge >= 0.3 is 0 Å². The van der Waals surface area contributed by atoms with Crippen molar-refractivity contribution in [2.45, 2.75) is 37.5 Å². The molecule has 0 bridgehead atoms. The van der Waals surface area contributed by atoms with Gasteiger partial charge in [-0.25, -0.2) is 15.0 Å². The van der Waals surface area contributed by atoms with E-state index >= 15 is 0 Å². The first-order valence-electron chi connectivity index (χ1n) is 9.09. The van der Waals surface area contributed by atoms with Crippen molar-refractivity contribution in [3.63, 3.8) is 0 Å². The molecule has 138 valence electrons. The number of rotatable bonds is 7. The second-order valence-corrected chi connectivity index (χ2v) is 6.88. The molecule has 0 radical (unpaired) electrons. The Hall–Kier alpha value is -2.32. The minimum Gasteiger partial charge on any atom is -0.378 e. The molecule has 0 spiro atoms. The van der Waals surface area contributed by atoms with Gasteiger partial charge in [0.1, 0.15) is 11.6 Å². The van der Waals surface area contributed by atoms with Crippen molar-refractivity contribution in [2.24, 2.45) is 0 Å². The van der Waals surface area contributed by atoms with Crippen molar-refractivity contribution in [1.29, 1.82) is 0 Å². The number of nitrogens with one attached hydrogen (secondary N) is 2. The lowest BCUT2D eigenvalue weighted by Crippen LogP contribution is -2.39. The van der Waals surface area contributed by atoms with Gasteiger partial charge in [-0.15, -0.1) is 0 Å². The minimum absolute atomic E-state index is 0.106. The number of methoxy groups -OCH3 is 1. The summed E-state index contributed by atoms with van der Waals surface area (Å²) in [6.45, 7) is 2.36. The SMILES string of the molecule is CNc1nccc(N2C[C@H](OC)[C@H](NCc3cnc(C4CC4)nc3)C2)n1.